The van der Waals surface area contributed by atoms with Crippen molar-refractivity contribution in [3.05, 3.63) is 22.1 Å². The van der Waals surface area contributed by atoms with Crippen LogP contribution in [-0.2, 0) is 11.3 Å². The lowest BCUT2D eigenvalue weighted by Gasteiger charge is -2.49. The van der Waals surface area contributed by atoms with Crippen molar-refractivity contribution in [1.82, 2.24) is 19.8 Å². The Morgan fingerprint density at radius 2 is 1.96 bits per heavy atom. The Morgan fingerprint density at radius 1 is 1.29 bits per heavy atom. The topological polar surface area (TPSA) is 93.2 Å². The molecule has 28 heavy (non-hydrogen) atoms. The van der Waals surface area contributed by atoms with E-state index in [2.05, 4.69) is 22.1 Å². The van der Waals surface area contributed by atoms with E-state index in [4.69, 9.17) is 5.73 Å². The predicted octanol–water partition coefficient (Wildman–Crippen LogP) is 2.08. The summed E-state index contributed by atoms with van der Waals surface area (Å²) >= 11 is 0. The van der Waals surface area contributed by atoms with Gasteiger partial charge in [0.2, 0.25) is 11.9 Å². The molecular weight excluding hydrogens is 354 g/mol. The first-order valence-electron chi connectivity index (χ1n) is 10.8. The van der Waals surface area contributed by atoms with E-state index in [0.29, 0.717) is 12.2 Å². The highest BCUT2D eigenvalue weighted by atomic mass is 16.2. The lowest BCUT2D eigenvalue weighted by Crippen LogP contribution is -2.58. The van der Waals surface area contributed by atoms with Crippen molar-refractivity contribution in [2.45, 2.75) is 77.3 Å². The average Bonchev–Trinajstić information content (AvgIpc) is 2.68. The average molecular weight is 390 g/mol. The molecule has 0 unspecified atom stereocenters. The first-order valence-corrected chi connectivity index (χ1v) is 10.8. The van der Waals surface area contributed by atoms with Crippen molar-refractivity contribution in [2.24, 2.45) is 5.92 Å². The van der Waals surface area contributed by atoms with Gasteiger partial charge in [0.05, 0.1) is 0 Å². The molecule has 1 saturated heterocycles. The van der Waals surface area contributed by atoms with E-state index in [9.17, 15) is 9.59 Å². The molecule has 1 amide bonds. The fourth-order valence-corrected chi connectivity index (χ4v) is 4.70. The SMILES string of the molecule is Cc1cc(=O)n(CCC(=O)NCC2(N3CCCCC3)CCC(C)CC2)c(N)n1. The number of rotatable bonds is 6. The van der Waals surface area contributed by atoms with Crippen LogP contribution in [-0.4, -0.2) is 45.5 Å². The number of nitrogens with one attached hydrogen (secondary N) is 1. The molecule has 1 saturated carbocycles. The Morgan fingerprint density at radius 3 is 2.61 bits per heavy atom. The van der Waals surface area contributed by atoms with E-state index in [1.165, 1.54) is 42.7 Å². The largest absolute Gasteiger partial charge is 0.369 e. The highest BCUT2D eigenvalue weighted by molar-refractivity contribution is 5.75. The van der Waals surface area contributed by atoms with Crippen LogP contribution in [0, 0.1) is 12.8 Å². The van der Waals surface area contributed by atoms with Crippen molar-refractivity contribution in [3.63, 3.8) is 0 Å². The van der Waals surface area contributed by atoms with E-state index < -0.39 is 0 Å². The molecule has 3 N–H and O–H groups in total. The number of anilines is 1. The van der Waals surface area contributed by atoms with Gasteiger partial charge in [-0.05, 0) is 64.5 Å². The summed E-state index contributed by atoms with van der Waals surface area (Å²) in [6, 6.07) is 1.45. The number of piperidine rings is 1. The maximum atomic E-state index is 12.5. The Hall–Kier alpha value is -1.89. The second kappa shape index (κ2) is 9.07. The maximum absolute atomic E-state index is 12.5. The minimum Gasteiger partial charge on any atom is -0.369 e. The normalized spacial score (nSPS) is 26.1. The lowest BCUT2D eigenvalue weighted by atomic mass is 9.75. The fraction of sp³-hybridized carbons (Fsp3) is 0.762. The molecule has 1 aliphatic heterocycles. The zero-order valence-corrected chi connectivity index (χ0v) is 17.4. The highest BCUT2D eigenvalue weighted by Gasteiger charge is 2.40. The van der Waals surface area contributed by atoms with Crippen LogP contribution in [0.15, 0.2) is 10.9 Å². The molecule has 0 radical (unpaired) electrons. The standard InChI is InChI=1S/C21H35N5O2/c1-16-6-9-21(10-7-16,25-11-4-3-5-12-25)15-23-18(27)8-13-26-19(28)14-17(2)24-20(26)22/h14,16H,3-13,15H2,1-2H3,(H2,22,24)(H,23,27). The van der Waals surface area contributed by atoms with Crippen molar-refractivity contribution in [3.8, 4) is 0 Å². The summed E-state index contributed by atoms with van der Waals surface area (Å²) in [5, 5.41) is 3.17. The van der Waals surface area contributed by atoms with Gasteiger partial charge in [0.1, 0.15) is 0 Å². The number of nitrogen functional groups attached to an aromatic ring is 1. The van der Waals surface area contributed by atoms with Crippen LogP contribution in [0.3, 0.4) is 0 Å². The molecule has 0 bridgehead atoms. The van der Waals surface area contributed by atoms with E-state index in [1.807, 2.05) is 0 Å². The second-order valence-electron chi connectivity index (χ2n) is 8.73. The van der Waals surface area contributed by atoms with Crippen LogP contribution in [0.5, 0.6) is 0 Å². The molecule has 1 aliphatic carbocycles. The van der Waals surface area contributed by atoms with Gasteiger partial charge in [-0.15, -0.1) is 0 Å². The van der Waals surface area contributed by atoms with Crippen molar-refractivity contribution >= 4 is 11.9 Å². The molecule has 1 aromatic rings. The van der Waals surface area contributed by atoms with Crippen LogP contribution in [0.2, 0.25) is 0 Å². The third kappa shape index (κ3) is 4.93. The first kappa shape index (κ1) is 20.8. The molecule has 7 nitrogen and oxygen atoms in total. The molecule has 3 rings (SSSR count). The van der Waals surface area contributed by atoms with Gasteiger partial charge in [-0.1, -0.05) is 13.3 Å². The van der Waals surface area contributed by atoms with Crippen LogP contribution in [0.25, 0.3) is 0 Å². The molecule has 0 spiro atoms. The first-order chi connectivity index (χ1) is 13.4. The number of carbonyl (C=O) groups is 1. The number of amides is 1. The molecule has 0 aromatic carbocycles. The predicted molar refractivity (Wildman–Crippen MR) is 111 cm³/mol. The number of hydrogen-bond donors (Lipinski definition) is 2. The summed E-state index contributed by atoms with van der Waals surface area (Å²) in [7, 11) is 0. The second-order valence-corrected chi connectivity index (χ2v) is 8.73. The zero-order valence-electron chi connectivity index (χ0n) is 17.4. The fourth-order valence-electron chi connectivity index (χ4n) is 4.70. The van der Waals surface area contributed by atoms with Crippen LogP contribution in [0.4, 0.5) is 5.95 Å². The van der Waals surface area contributed by atoms with E-state index in [-0.39, 0.29) is 35.9 Å². The van der Waals surface area contributed by atoms with Crippen molar-refractivity contribution in [1.29, 1.82) is 0 Å². The summed E-state index contributed by atoms with van der Waals surface area (Å²) in [5.74, 6) is 0.920. The van der Waals surface area contributed by atoms with Gasteiger partial charge < -0.3 is 11.1 Å². The molecular formula is C21H35N5O2. The number of aryl methyl sites for hydroxylation is 1. The number of likely N-dealkylation sites (tertiary alicyclic amines) is 1. The maximum Gasteiger partial charge on any atom is 0.255 e. The van der Waals surface area contributed by atoms with Crippen molar-refractivity contribution in [2.75, 3.05) is 25.4 Å². The van der Waals surface area contributed by atoms with E-state index in [1.54, 1.807) is 6.92 Å². The summed E-state index contributed by atoms with van der Waals surface area (Å²) in [6.07, 6.45) is 8.84. The smallest absolute Gasteiger partial charge is 0.255 e. The summed E-state index contributed by atoms with van der Waals surface area (Å²) in [5.41, 5.74) is 6.34. The van der Waals surface area contributed by atoms with Gasteiger partial charge in [-0.3, -0.25) is 19.1 Å². The number of aromatic nitrogens is 2. The number of hydrogen-bond acceptors (Lipinski definition) is 5. The molecule has 156 valence electrons. The van der Waals surface area contributed by atoms with Gasteiger partial charge in [0, 0.05) is 36.8 Å². The summed E-state index contributed by atoms with van der Waals surface area (Å²) in [4.78, 5) is 31.4. The number of nitrogens with two attached hydrogens (primary N) is 1. The van der Waals surface area contributed by atoms with Gasteiger partial charge >= 0.3 is 0 Å². The highest BCUT2D eigenvalue weighted by Crippen LogP contribution is 2.37. The summed E-state index contributed by atoms with van der Waals surface area (Å²) < 4.78 is 1.37. The Labute approximate surface area is 167 Å². The van der Waals surface area contributed by atoms with Gasteiger partial charge in [-0.2, -0.15) is 0 Å². The molecule has 7 heteroatoms. The Bertz CT molecular complexity index is 731. The lowest BCUT2D eigenvalue weighted by molar-refractivity contribution is -0.122. The molecule has 1 aromatic heterocycles. The molecule has 2 aliphatic rings. The monoisotopic (exact) mass is 389 g/mol. The number of carbonyl (C=O) groups excluding carboxylic acids is 1. The minimum atomic E-state index is -0.205. The Kier molecular flexibility index (Phi) is 6.75. The zero-order chi connectivity index (χ0) is 20.1. The van der Waals surface area contributed by atoms with E-state index in [0.717, 1.165) is 31.8 Å². The minimum absolute atomic E-state index is 0.0260. The molecule has 0 atom stereocenters. The molecule has 2 heterocycles. The summed E-state index contributed by atoms with van der Waals surface area (Å²) in [6.45, 7) is 7.32. The van der Waals surface area contributed by atoms with Gasteiger partial charge in [0.25, 0.3) is 5.56 Å². The van der Waals surface area contributed by atoms with Crippen molar-refractivity contribution < 1.29 is 4.79 Å². The quantitative estimate of drug-likeness (QED) is 0.777. The van der Waals surface area contributed by atoms with Gasteiger partial charge in [-0.25, -0.2) is 4.98 Å². The van der Waals surface area contributed by atoms with Crippen LogP contribution in [0.1, 0.15) is 64.0 Å². The number of nitrogens with zero attached hydrogens (tertiary/aromatic N) is 3. The van der Waals surface area contributed by atoms with Crippen LogP contribution < -0.4 is 16.6 Å². The third-order valence-corrected chi connectivity index (χ3v) is 6.57. The Balaban J connectivity index is 1.58. The molecule has 2 fully saturated rings. The van der Waals surface area contributed by atoms with Gasteiger partial charge in [0.15, 0.2) is 0 Å². The van der Waals surface area contributed by atoms with Crippen LogP contribution >= 0.6 is 0 Å². The third-order valence-electron chi connectivity index (χ3n) is 6.57. The van der Waals surface area contributed by atoms with E-state index >= 15 is 0 Å².